The van der Waals surface area contributed by atoms with E-state index < -0.39 is 11.9 Å². The monoisotopic (exact) mass is 241 g/mol. The third-order valence-corrected chi connectivity index (χ3v) is 3.81. The van der Waals surface area contributed by atoms with Gasteiger partial charge in [-0.1, -0.05) is 12.8 Å². The summed E-state index contributed by atoms with van der Waals surface area (Å²) in [5.41, 5.74) is 0. The summed E-state index contributed by atoms with van der Waals surface area (Å²) in [5, 5.41) is 17.8. The van der Waals surface area contributed by atoms with Crippen LogP contribution in [0.15, 0.2) is 0 Å². The van der Waals surface area contributed by atoms with Crippen LogP contribution in [0.25, 0.3) is 0 Å². The van der Waals surface area contributed by atoms with E-state index >= 15 is 0 Å². The summed E-state index contributed by atoms with van der Waals surface area (Å²) < 4.78 is 0. The van der Waals surface area contributed by atoms with Gasteiger partial charge in [-0.15, -0.1) is 0 Å². The molecule has 2 rings (SSSR count). The fourth-order valence-electron chi connectivity index (χ4n) is 2.75. The molecule has 96 valence electrons. The van der Waals surface area contributed by atoms with E-state index in [-0.39, 0.29) is 24.5 Å². The second-order valence-corrected chi connectivity index (χ2v) is 4.98. The molecule has 2 atom stereocenters. The molecule has 0 radical (unpaired) electrons. The van der Waals surface area contributed by atoms with Gasteiger partial charge in [0.05, 0.1) is 18.4 Å². The standard InChI is InChI=1S/C12H19NO4/c14-6-5-13(8-3-1-2-4-8)11(15)9-7-10(9)12(16)17/h8-10,14H,1-7H2,(H,16,17). The van der Waals surface area contributed by atoms with Crippen LogP contribution in [0.2, 0.25) is 0 Å². The number of aliphatic hydroxyl groups is 1. The average molecular weight is 241 g/mol. The number of aliphatic carboxylic acids is 1. The van der Waals surface area contributed by atoms with Crippen molar-refractivity contribution in [1.82, 2.24) is 4.90 Å². The highest BCUT2D eigenvalue weighted by Gasteiger charge is 2.50. The number of nitrogens with zero attached hydrogens (tertiary/aromatic N) is 1. The minimum absolute atomic E-state index is 0.0489. The first-order valence-corrected chi connectivity index (χ1v) is 6.29. The molecule has 0 aliphatic heterocycles. The molecule has 17 heavy (non-hydrogen) atoms. The van der Waals surface area contributed by atoms with Crippen LogP contribution in [-0.4, -0.2) is 46.2 Å². The van der Waals surface area contributed by atoms with Crippen molar-refractivity contribution in [2.75, 3.05) is 13.2 Å². The lowest BCUT2D eigenvalue weighted by Crippen LogP contribution is -2.42. The highest BCUT2D eigenvalue weighted by molar-refractivity contribution is 5.89. The predicted molar refractivity (Wildman–Crippen MR) is 60.3 cm³/mol. The summed E-state index contributed by atoms with van der Waals surface area (Å²) in [6.45, 7) is 0.291. The third kappa shape index (κ3) is 2.60. The van der Waals surface area contributed by atoms with E-state index in [9.17, 15) is 9.59 Å². The zero-order chi connectivity index (χ0) is 12.4. The van der Waals surface area contributed by atoms with Gasteiger partial charge < -0.3 is 15.1 Å². The summed E-state index contributed by atoms with van der Waals surface area (Å²) in [6.07, 6.45) is 4.66. The molecule has 0 aromatic heterocycles. The van der Waals surface area contributed by atoms with E-state index in [1.807, 2.05) is 0 Å². The molecule has 0 aromatic carbocycles. The molecule has 0 heterocycles. The van der Waals surface area contributed by atoms with Gasteiger partial charge in [0.1, 0.15) is 0 Å². The molecule has 0 aromatic rings. The quantitative estimate of drug-likeness (QED) is 0.733. The van der Waals surface area contributed by atoms with Crippen LogP contribution in [0.5, 0.6) is 0 Å². The lowest BCUT2D eigenvalue weighted by atomic mass is 10.1. The molecule has 5 heteroatoms. The SMILES string of the molecule is O=C(O)C1CC1C(=O)N(CCO)C1CCCC1. The van der Waals surface area contributed by atoms with Crippen molar-refractivity contribution in [2.24, 2.45) is 11.8 Å². The van der Waals surface area contributed by atoms with Crippen molar-refractivity contribution in [3.63, 3.8) is 0 Å². The maximum Gasteiger partial charge on any atom is 0.307 e. The van der Waals surface area contributed by atoms with Gasteiger partial charge in [0, 0.05) is 12.6 Å². The summed E-state index contributed by atoms with van der Waals surface area (Å²) in [6, 6.07) is 0.213. The Morgan fingerprint density at radius 3 is 2.29 bits per heavy atom. The van der Waals surface area contributed by atoms with E-state index in [2.05, 4.69) is 0 Å². The second-order valence-electron chi connectivity index (χ2n) is 4.98. The van der Waals surface area contributed by atoms with Gasteiger partial charge in [-0.05, 0) is 19.3 Å². The highest BCUT2D eigenvalue weighted by Crippen LogP contribution is 2.41. The Morgan fingerprint density at radius 1 is 1.18 bits per heavy atom. The molecule has 2 aliphatic carbocycles. The van der Waals surface area contributed by atoms with Crippen molar-refractivity contribution in [1.29, 1.82) is 0 Å². The molecular weight excluding hydrogens is 222 g/mol. The first-order valence-electron chi connectivity index (χ1n) is 6.29. The van der Waals surface area contributed by atoms with Crippen molar-refractivity contribution >= 4 is 11.9 Å². The van der Waals surface area contributed by atoms with Crippen LogP contribution in [0, 0.1) is 11.8 Å². The molecular formula is C12H19NO4. The van der Waals surface area contributed by atoms with Crippen LogP contribution in [-0.2, 0) is 9.59 Å². The molecule has 0 spiro atoms. The smallest absolute Gasteiger partial charge is 0.307 e. The normalized spacial score (nSPS) is 28.1. The van der Waals surface area contributed by atoms with Crippen LogP contribution in [0.1, 0.15) is 32.1 Å². The second kappa shape index (κ2) is 5.04. The van der Waals surface area contributed by atoms with Crippen LogP contribution in [0.4, 0.5) is 0 Å². The molecule has 2 fully saturated rings. The summed E-state index contributed by atoms with van der Waals surface area (Å²) >= 11 is 0. The van der Waals surface area contributed by atoms with Gasteiger partial charge in [0.2, 0.25) is 5.91 Å². The predicted octanol–water partition coefficient (Wildman–Crippen LogP) is 0.471. The number of carbonyl (C=O) groups excluding carboxylic acids is 1. The molecule has 0 bridgehead atoms. The first-order chi connectivity index (χ1) is 8.15. The Kier molecular flexibility index (Phi) is 3.66. The summed E-state index contributed by atoms with van der Waals surface area (Å²) in [5.74, 6) is -1.79. The van der Waals surface area contributed by atoms with E-state index in [0.717, 1.165) is 25.7 Å². The van der Waals surface area contributed by atoms with E-state index in [1.54, 1.807) is 4.90 Å². The summed E-state index contributed by atoms with van der Waals surface area (Å²) in [7, 11) is 0. The number of carbonyl (C=O) groups is 2. The van der Waals surface area contributed by atoms with Gasteiger partial charge in [-0.3, -0.25) is 9.59 Å². The fraction of sp³-hybridized carbons (Fsp3) is 0.833. The van der Waals surface area contributed by atoms with Gasteiger partial charge in [-0.2, -0.15) is 0 Å². The number of hydrogen-bond acceptors (Lipinski definition) is 3. The van der Waals surface area contributed by atoms with Crippen molar-refractivity contribution in [3.05, 3.63) is 0 Å². The number of amides is 1. The van der Waals surface area contributed by atoms with Crippen molar-refractivity contribution in [2.45, 2.75) is 38.1 Å². The zero-order valence-corrected chi connectivity index (χ0v) is 9.84. The molecule has 2 saturated carbocycles. The molecule has 2 unspecified atom stereocenters. The topological polar surface area (TPSA) is 77.8 Å². The minimum Gasteiger partial charge on any atom is -0.481 e. The van der Waals surface area contributed by atoms with Crippen molar-refractivity contribution < 1.29 is 19.8 Å². The lowest BCUT2D eigenvalue weighted by molar-refractivity contribution is -0.142. The van der Waals surface area contributed by atoms with Gasteiger partial charge in [-0.25, -0.2) is 0 Å². The van der Waals surface area contributed by atoms with E-state index in [1.165, 1.54) is 0 Å². The minimum atomic E-state index is -0.876. The van der Waals surface area contributed by atoms with Gasteiger partial charge in [0.25, 0.3) is 0 Å². The van der Waals surface area contributed by atoms with Crippen LogP contribution >= 0.6 is 0 Å². The first kappa shape index (κ1) is 12.4. The van der Waals surface area contributed by atoms with Crippen LogP contribution in [0.3, 0.4) is 0 Å². The average Bonchev–Trinajstić information content (AvgIpc) is 2.94. The third-order valence-electron chi connectivity index (χ3n) is 3.81. The zero-order valence-electron chi connectivity index (χ0n) is 9.84. The highest BCUT2D eigenvalue weighted by atomic mass is 16.4. The Morgan fingerprint density at radius 2 is 1.82 bits per heavy atom. The van der Waals surface area contributed by atoms with Crippen LogP contribution < -0.4 is 0 Å². The number of hydrogen-bond donors (Lipinski definition) is 2. The number of carboxylic acids is 1. The van der Waals surface area contributed by atoms with Gasteiger partial charge >= 0.3 is 5.97 Å². The Hall–Kier alpha value is -1.10. The summed E-state index contributed by atoms with van der Waals surface area (Å²) in [4.78, 5) is 24.6. The van der Waals surface area contributed by atoms with Crippen molar-refractivity contribution in [3.8, 4) is 0 Å². The molecule has 5 nitrogen and oxygen atoms in total. The number of aliphatic hydroxyl groups excluding tert-OH is 1. The number of rotatable bonds is 5. The molecule has 1 amide bonds. The largest absolute Gasteiger partial charge is 0.481 e. The Bertz CT molecular complexity index is 312. The lowest BCUT2D eigenvalue weighted by Gasteiger charge is -2.28. The molecule has 2 aliphatic rings. The Labute approximate surface area is 100 Å². The molecule has 0 saturated heterocycles. The van der Waals surface area contributed by atoms with E-state index in [0.29, 0.717) is 13.0 Å². The van der Waals surface area contributed by atoms with Gasteiger partial charge in [0.15, 0.2) is 0 Å². The Balaban J connectivity index is 1.96. The fourth-order valence-corrected chi connectivity index (χ4v) is 2.75. The maximum absolute atomic E-state index is 12.1. The maximum atomic E-state index is 12.1. The number of carboxylic acid groups (broad SMARTS) is 1. The molecule has 2 N–H and O–H groups in total. The van der Waals surface area contributed by atoms with E-state index in [4.69, 9.17) is 10.2 Å².